The monoisotopic (exact) mass is 401 g/mol. The molecule has 3 amide bonds. The van der Waals surface area contributed by atoms with Crippen molar-refractivity contribution in [1.82, 2.24) is 15.1 Å². The number of urea groups is 1. The normalized spacial score (nSPS) is 22.4. The molecule has 1 N–H and O–H groups in total. The Morgan fingerprint density at radius 3 is 2.50 bits per heavy atom. The van der Waals surface area contributed by atoms with Gasteiger partial charge in [-0.2, -0.15) is 0 Å². The number of fused-ring (bicyclic) bond motifs is 1. The maximum absolute atomic E-state index is 14.2. The van der Waals surface area contributed by atoms with Crippen molar-refractivity contribution in [2.24, 2.45) is 5.92 Å². The van der Waals surface area contributed by atoms with Gasteiger partial charge >= 0.3 is 6.03 Å². The third kappa shape index (κ3) is 3.50. The SMILES string of the molecule is O=C1C2CCCNC2N(Cc2ccccc2F)C(=O)N1Cc1ccccc1Cl. The maximum Gasteiger partial charge on any atom is 0.328 e. The Kier molecular flexibility index (Phi) is 5.33. The van der Waals surface area contributed by atoms with Crippen molar-refractivity contribution < 1.29 is 14.0 Å². The Balaban J connectivity index is 1.66. The van der Waals surface area contributed by atoms with Crippen molar-refractivity contribution in [3.63, 3.8) is 0 Å². The first-order valence-corrected chi connectivity index (χ1v) is 9.76. The lowest BCUT2D eigenvalue weighted by molar-refractivity contribution is -0.142. The first-order chi connectivity index (χ1) is 13.6. The molecule has 0 aliphatic carbocycles. The highest BCUT2D eigenvalue weighted by Gasteiger charge is 2.47. The van der Waals surface area contributed by atoms with Crippen LogP contribution in [0.15, 0.2) is 48.5 Å². The molecule has 7 heteroatoms. The van der Waals surface area contributed by atoms with Gasteiger partial charge in [-0.25, -0.2) is 9.18 Å². The van der Waals surface area contributed by atoms with E-state index in [1.807, 2.05) is 6.07 Å². The molecule has 146 valence electrons. The molecule has 2 saturated heterocycles. The van der Waals surface area contributed by atoms with Crippen LogP contribution in [0.4, 0.5) is 9.18 Å². The van der Waals surface area contributed by atoms with Crippen molar-refractivity contribution in [2.75, 3.05) is 6.54 Å². The highest BCUT2D eigenvalue weighted by molar-refractivity contribution is 6.31. The molecule has 2 unspecified atom stereocenters. The van der Waals surface area contributed by atoms with E-state index in [1.165, 1.54) is 11.0 Å². The molecule has 4 rings (SSSR count). The van der Waals surface area contributed by atoms with Gasteiger partial charge in [0.25, 0.3) is 0 Å². The first kappa shape index (κ1) is 18.9. The number of nitrogens with one attached hydrogen (secondary N) is 1. The predicted octanol–water partition coefficient (Wildman–Crippen LogP) is 3.77. The third-order valence-corrected chi connectivity index (χ3v) is 5.78. The Morgan fingerprint density at radius 2 is 1.75 bits per heavy atom. The number of halogens is 2. The fourth-order valence-electron chi connectivity index (χ4n) is 3.95. The number of carbonyl (C=O) groups is 2. The Bertz CT molecular complexity index is 907. The number of hydrogen-bond acceptors (Lipinski definition) is 3. The van der Waals surface area contributed by atoms with Crippen molar-refractivity contribution >= 4 is 23.5 Å². The molecular formula is C21H21ClFN3O2. The van der Waals surface area contributed by atoms with Crippen LogP contribution < -0.4 is 5.32 Å². The fourth-order valence-corrected chi connectivity index (χ4v) is 4.14. The standard InChI is InChI=1S/C21H21ClFN3O2/c22-17-9-3-1-6-14(17)12-26-20(27)16-8-5-11-24-19(16)25(21(26)28)13-15-7-2-4-10-18(15)23/h1-4,6-7,9-10,16,19,24H,5,8,11-13H2. The van der Waals surface area contributed by atoms with Crippen LogP contribution in [0.2, 0.25) is 5.02 Å². The van der Waals surface area contributed by atoms with Gasteiger partial charge in [0.05, 0.1) is 25.2 Å². The van der Waals surface area contributed by atoms with Crippen LogP contribution in [-0.2, 0) is 17.9 Å². The molecule has 28 heavy (non-hydrogen) atoms. The lowest BCUT2D eigenvalue weighted by Crippen LogP contribution is -2.66. The molecule has 2 heterocycles. The molecule has 2 aliphatic heterocycles. The summed E-state index contributed by atoms with van der Waals surface area (Å²) in [5.41, 5.74) is 1.13. The molecule has 2 fully saturated rings. The number of piperidine rings is 1. The Hall–Kier alpha value is -2.44. The van der Waals surface area contributed by atoms with E-state index < -0.39 is 12.2 Å². The van der Waals surface area contributed by atoms with Gasteiger partial charge in [-0.15, -0.1) is 0 Å². The molecule has 5 nitrogen and oxygen atoms in total. The van der Waals surface area contributed by atoms with Crippen LogP contribution in [-0.4, -0.2) is 34.4 Å². The van der Waals surface area contributed by atoms with Gasteiger partial charge < -0.3 is 4.90 Å². The zero-order chi connectivity index (χ0) is 19.7. The quantitative estimate of drug-likeness (QED) is 0.848. The van der Waals surface area contributed by atoms with E-state index in [0.717, 1.165) is 13.0 Å². The van der Waals surface area contributed by atoms with E-state index in [1.54, 1.807) is 41.3 Å². The highest BCUT2D eigenvalue weighted by Crippen LogP contribution is 2.31. The lowest BCUT2D eigenvalue weighted by Gasteiger charge is -2.47. The molecule has 2 aliphatic rings. The maximum atomic E-state index is 14.2. The molecule has 0 aromatic heterocycles. The first-order valence-electron chi connectivity index (χ1n) is 9.38. The van der Waals surface area contributed by atoms with Crippen molar-refractivity contribution in [2.45, 2.75) is 32.1 Å². The van der Waals surface area contributed by atoms with Gasteiger partial charge in [0, 0.05) is 10.6 Å². The minimum atomic E-state index is -0.427. The molecule has 2 aromatic rings. The van der Waals surface area contributed by atoms with Crippen LogP contribution in [0.1, 0.15) is 24.0 Å². The molecule has 0 bridgehead atoms. The number of carbonyl (C=O) groups excluding carboxylic acids is 2. The van der Waals surface area contributed by atoms with Crippen LogP contribution in [0, 0.1) is 11.7 Å². The number of benzene rings is 2. The lowest BCUT2D eigenvalue weighted by atomic mass is 9.91. The topological polar surface area (TPSA) is 52.7 Å². The summed E-state index contributed by atoms with van der Waals surface area (Å²) in [5.74, 6) is -0.912. The summed E-state index contributed by atoms with van der Waals surface area (Å²) in [4.78, 5) is 29.1. The summed E-state index contributed by atoms with van der Waals surface area (Å²) < 4.78 is 14.2. The summed E-state index contributed by atoms with van der Waals surface area (Å²) >= 11 is 6.24. The number of amides is 3. The Morgan fingerprint density at radius 1 is 1.04 bits per heavy atom. The summed E-state index contributed by atoms with van der Waals surface area (Å²) in [6.07, 6.45) is 1.13. The second-order valence-electron chi connectivity index (χ2n) is 7.17. The molecule has 0 radical (unpaired) electrons. The molecule has 0 spiro atoms. The molecule has 2 atom stereocenters. The zero-order valence-electron chi connectivity index (χ0n) is 15.3. The summed E-state index contributed by atoms with van der Waals surface area (Å²) in [6.45, 7) is 0.931. The third-order valence-electron chi connectivity index (χ3n) is 5.41. The van der Waals surface area contributed by atoms with Crippen molar-refractivity contribution in [1.29, 1.82) is 0 Å². The summed E-state index contributed by atoms with van der Waals surface area (Å²) in [5, 5.41) is 3.78. The fraction of sp³-hybridized carbons (Fsp3) is 0.333. The Labute approximate surface area is 168 Å². The average Bonchev–Trinajstić information content (AvgIpc) is 2.71. The van der Waals surface area contributed by atoms with E-state index >= 15 is 0 Å². The number of nitrogens with zero attached hydrogens (tertiary/aromatic N) is 2. The van der Waals surface area contributed by atoms with Gasteiger partial charge in [0.15, 0.2) is 0 Å². The van der Waals surface area contributed by atoms with E-state index in [4.69, 9.17) is 11.6 Å². The molecule has 0 saturated carbocycles. The predicted molar refractivity (Wildman–Crippen MR) is 104 cm³/mol. The van der Waals surface area contributed by atoms with E-state index in [9.17, 15) is 14.0 Å². The van der Waals surface area contributed by atoms with E-state index in [0.29, 0.717) is 22.6 Å². The van der Waals surface area contributed by atoms with Crippen LogP contribution in [0.25, 0.3) is 0 Å². The van der Waals surface area contributed by atoms with Gasteiger partial charge in [0.1, 0.15) is 5.82 Å². The van der Waals surface area contributed by atoms with Gasteiger partial charge in [-0.1, -0.05) is 48.0 Å². The van der Waals surface area contributed by atoms with Crippen LogP contribution in [0.5, 0.6) is 0 Å². The molecule has 2 aromatic carbocycles. The average molecular weight is 402 g/mol. The van der Waals surface area contributed by atoms with Crippen molar-refractivity contribution in [3.8, 4) is 0 Å². The highest BCUT2D eigenvalue weighted by atomic mass is 35.5. The van der Waals surface area contributed by atoms with E-state index in [-0.39, 0.29) is 30.7 Å². The van der Waals surface area contributed by atoms with Gasteiger partial charge in [0.2, 0.25) is 5.91 Å². The summed E-state index contributed by atoms with van der Waals surface area (Å²) in [6, 6.07) is 13.1. The zero-order valence-corrected chi connectivity index (χ0v) is 16.0. The number of hydrogen-bond donors (Lipinski definition) is 1. The van der Waals surface area contributed by atoms with Gasteiger partial charge in [-0.3, -0.25) is 15.0 Å². The number of rotatable bonds is 4. The van der Waals surface area contributed by atoms with Crippen LogP contribution >= 0.6 is 11.6 Å². The molecular weight excluding hydrogens is 381 g/mol. The second kappa shape index (κ2) is 7.89. The summed E-state index contributed by atoms with van der Waals surface area (Å²) in [7, 11) is 0. The van der Waals surface area contributed by atoms with E-state index in [2.05, 4.69) is 5.32 Å². The minimum Gasteiger partial charge on any atom is -0.303 e. The number of imide groups is 1. The van der Waals surface area contributed by atoms with Crippen LogP contribution in [0.3, 0.4) is 0 Å². The minimum absolute atomic E-state index is 0.103. The largest absolute Gasteiger partial charge is 0.328 e. The smallest absolute Gasteiger partial charge is 0.303 e. The van der Waals surface area contributed by atoms with Gasteiger partial charge in [-0.05, 0) is 37.1 Å². The second-order valence-corrected chi connectivity index (χ2v) is 7.57. The van der Waals surface area contributed by atoms with Crippen molar-refractivity contribution in [3.05, 3.63) is 70.5 Å².